The van der Waals surface area contributed by atoms with Crippen LogP contribution in [0.4, 0.5) is 0 Å². The summed E-state index contributed by atoms with van der Waals surface area (Å²) in [5.74, 6) is 1.39. The Hall–Kier alpha value is -1.29. The Bertz CT molecular complexity index is 368. The molecule has 1 aliphatic rings. The van der Waals surface area contributed by atoms with Crippen LogP contribution in [0.25, 0.3) is 0 Å². The minimum absolute atomic E-state index is 0.0709. The molecular weight excluding hydrogens is 218 g/mol. The molecule has 1 aromatic heterocycles. The van der Waals surface area contributed by atoms with Crippen molar-refractivity contribution in [3.05, 3.63) is 23.7 Å². The van der Waals surface area contributed by atoms with Gasteiger partial charge in [0.2, 0.25) is 0 Å². The normalized spacial score (nSPS) is 14.9. The lowest BCUT2D eigenvalue weighted by Gasteiger charge is -2.05. The molecule has 1 heterocycles. The molecule has 1 aliphatic carbocycles. The third-order valence-corrected chi connectivity index (χ3v) is 2.90. The van der Waals surface area contributed by atoms with Crippen LogP contribution in [-0.4, -0.2) is 25.7 Å². The first-order valence-corrected chi connectivity index (χ1v) is 6.17. The molecule has 0 atom stereocenters. The summed E-state index contributed by atoms with van der Waals surface area (Å²) in [6.07, 6.45) is 5.02. The van der Waals surface area contributed by atoms with Crippen LogP contribution in [0, 0.1) is 12.8 Å². The number of hydrogen-bond acceptors (Lipinski definition) is 3. The van der Waals surface area contributed by atoms with Crippen molar-refractivity contribution in [3.8, 4) is 0 Å². The van der Waals surface area contributed by atoms with E-state index in [2.05, 4.69) is 5.32 Å². The Kier molecular flexibility index (Phi) is 4.20. The van der Waals surface area contributed by atoms with Crippen molar-refractivity contribution in [3.63, 3.8) is 0 Å². The number of hydrogen-bond donors (Lipinski definition) is 1. The maximum absolute atomic E-state index is 11.7. The maximum atomic E-state index is 11.7. The van der Waals surface area contributed by atoms with Gasteiger partial charge in [0.05, 0.1) is 11.8 Å². The Morgan fingerprint density at radius 1 is 1.59 bits per heavy atom. The van der Waals surface area contributed by atoms with E-state index in [1.807, 2.05) is 0 Å². The molecular formula is C13H19NO3. The Labute approximate surface area is 101 Å². The molecule has 4 nitrogen and oxygen atoms in total. The zero-order valence-electron chi connectivity index (χ0n) is 10.2. The highest BCUT2D eigenvalue weighted by molar-refractivity contribution is 5.94. The van der Waals surface area contributed by atoms with Gasteiger partial charge in [-0.25, -0.2) is 0 Å². The van der Waals surface area contributed by atoms with E-state index in [9.17, 15) is 4.79 Å². The third kappa shape index (κ3) is 3.89. The first-order valence-electron chi connectivity index (χ1n) is 6.17. The molecule has 0 radical (unpaired) electrons. The lowest BCUT2D eigenvalue weighted by Crippen LogP contribution is -2.25. The average Bonchev–Trinajstić information content (AvgIpc) is 3.04. The molecule has 1 saturated carbocycles. The van der Waals surface area contributed by atoms with Gasteiger partial charge in [-0.15, -0.1) is 0 Å². The number of carbonyl (C=O) groups excluding carboxylic acids is 1. The molecule has 4 heteroatoms. The van der Waals surface area contributed by atoms with Crippen LogP contribution in [0.5, 0.6) is 0 Å². The van der Waals surface area contributed by atoms with Gasteiger partial charge in [0.1, 0.15) is 5.76 Å². The largest absolute Gasteiger partial charge is 0.469 e. The first kappa shape index (κ1) is 12.2. The maximum Gasteiger partial charge on any atom is 0.254 e. The monoisotopic (exact) mass is 237 g/mol. The van der Waals surface area contributed by atoms with E-state index in [0.29, 0.717) is 17.9 Å². The van der Waals surface area contributed by atoms with E-state index in [0.717, 1.165) is 25.6 Å². The fourth-order valence-electron chi connectivity index (χ4n) is 1.63. The molecule has 0 saturated heterocycles. The summed E-state index contributed by atoms with van der Waals surface area (Å²) >= 11 is 0. The van der Waals surface area contributed by atoms with Crippen LogP contribution in [0.15, 0.2) is 16.7 Å². The van der Waals surface area contributed by atoms with Gasteiger partial charge in [-0.3, -0.25) is 4.79 Å². The quantitative estimate of drug-likeness (QED) is 0.739. The summed E-state index contributed by atoms with van der Waals surface area (Å²) in [6, 6.07) is 1.69. The molecule has 1 fully saturated rings. The van der Waals surface area contributed by atoms with E-state index in [1.54, 1.807) is 13.0 Å². The lowest BCUT2D eigenvalue weighted by atomic mass is 10.2. The van der Waals surface area contributed by atoms with Gasteiger partial charge in [0.25, 0.3) is 5.91 Å². The minimum atomic E-state index is -0.0709. The van der Waals surface area contributed by atoms with Crippen molar-refractivity contribution in [2.24, 2.45) is 5.92 Å². The van der Waals surface area contributed by atoms with Gasteiger partial charge in [0.15, 0.2) is 0 Å². The summed E-state index contributed by atoms with van der Waals surface area (Å²) in [5.41, 5.74) is 0.615. The highest BCUT2D eigenvalue weighted by Crippen LogP contribution is 2.28. The second-order valence-electron chi connectivity index (χ2n) is 4.52. The number of aryl methyl sites for hydroxylation is 1. The number of rotatable bonds is 7. The second kappa shape index (κ2) is 5.87. The van der Waals surface area contributed by atoms with Crippen LogP contribution in [0.3, 0.4) is 0 Å². The van der Waals surface area contributed by atoms with Crippen LogP contribution in [0.2, 0.25) is 0 Å². The van der Waals surface area contributed by atoms with Gasteiger partial charge in [-0.05, 0) is 38.2 Å². The summed E-state index contributed by atoms with van der Waals surface area (Å²) in [5, 5.41) is 2.85. The van der Waals surface area contributed by atoms with Gasteiger partial charge in [0, 0.05) is 19.8 Å². The predicted octanol–water partition coefficient (Wildman–Crippen LogP) is 2.13. The average molecular weight is 237 g/mol. The zero-order chi connectivity index (χ0) is 12.1. The molecule has 94 valence electrons. The minimum Gasteiger partial charge on any atom is -0.469 e. The zero-order valence-corrected chi connectivity index (χ0v) is 10.2. The van der Waals surface area contributed by atoms with Crippen LogP contribution >= 0.6 is 0 Å². The highest BCUT2D eigenvalue weighted by atomic mass is 16.5. The molecule has 1 amide bonds. The smallest absolute Gasteiger partial charge is 0.254 e. The number of nitrogens with one attached hydrogen (secondary N) is 1. The number of amides is 1. The molecule has 0 unspecified atom stereocenters. The van der Waals surface area contributed by atoms with Crippen molar-refractivity contribution < 1.29 is 13.9 Å². The Morgan fingerprint density at radius 3 is 3.06 bits per heavy atom. The van der Waals surface area contributed by atoms with Crippen molar-refractivity contribution >= 4 is 5.91 Å². The summed E-state index contributed by atoms with van der Waals surface area (Å²) in [4.78, 5) is 11.7. The third-order valence-electron chi connectivity index (χ3n) is 2.90. The topological polar surface area (TPSA) is 51.5 Å². The second-order valence-corrected chi connectivity index (χ2v) is 4.52. The van der Waals surface area contributed by atoms with Gasteiger partial charge >= 0.3 is 0 Å². The van der Waals surface area contributed by atoms with Gasteiger partial charge in [-0.1, -0.05) is 0 Å². The number of carbonyl (C=O) groups is 1. The highest BCUT2D eigenvalue weighted by Gasteiger charge is 2.20. The first-order chi connectivity index (χ1) is 8.27. The van der Waals surface area contributed by atoms with Gasteiger partial charge in [-0.2, -0.15) is 0 Å². The molecule has 17 heavy (non-hydrogen) atoms. The van der Waals surface area contributed by atoms with Crippen LogP contribution in [-0.2, 0) is 4.74 Å². The van der Waals surface area contributed by atoms with Crippen LogP contribution in [0.1, 0.15) is 35.4 Å². The fraction of sp³-hybridized carbons (Fsp3) is 0.615. The molecule has 0 spiro atoms. The predicted molar refractivity (Wildman–Crippen MR) is 63.9 cm³/mol. The lowest BCUT2D eigenvalue weighted by molar-refractivity contribution is 0.0936. The van der Waals surface area contributed by atoms with E-state index < -0.39 is 0 Å². The Balaban J connectivity index is 1.55. The molecule has 2 rings (SSSR count). The number of ether oxygens (including phenoxy) is 1. The van der Waals surface area contributed by atoms with E-state index in [1.165, 1.54) is 19.1 Å². The Morgan fingerprint density at radius 2 is 2.41 bits per heavy atom. The summed E-state index contributed by atoms with van der Waals surface area (Å²) < 4.78 is 10.6. The van der Waals surface area contributed by atoms with Crippen molar-refractivity contribution in [1.82, 2.24) is 5.32 Å². The van der Waals surface area contributed by atoms with E-state index in [-0.39, 0.29) is 5.91 Å². The molecule has 0 bridgehead atoms. The van der Waals surface area contributed by atoms with Gasteiger partial charge < -0.3 is 14.5 Å². The van der Waals surface area contributed by atoms with E-state index >= 15 is 0 Å². The van der Waals surface area contributed by atoms with Crippen molar-refractivity contribution in [1.29, 1.82) is 0 Å². The molecule has 0 aliphatic heterocycles. The number of furan rings is 1. The fourth-order valence-corrected chi connectivity index (χ4v) is 1.63. The molecule has 1 N–H and O–H groups in total. The molecule has 1 aromatic rings. The van der Waals surface area contributed by atoms with Crippen molar-refractivity contribution in [2.45, 2.75) is 26.2 Å². The molecule has 0 aromatic carbocycles. The van der Waals surface area contributed by atoms with Crippen molar-refractivity contribution in [2.75, 3.05) is 19.8 Å². The summed E-state index contributed by atoms with van der Waals surface area (Å²) in [6.45, 7) is 4.04. The standard InChI is InChI=1S/C13H19NO3/c1-10-12(5-8-17-10)13(15)14-6-2-7-16-9-11-3-4-11/h5,8,11H,2-4,6-7,9H2,1H3,(H,14,15). The van der Waals surface area contributed by atoms with Crippen LogP contribution < -0.4 is 5.32 Å². The van der Waals surface area contributed by atoms with E-state index in [4.69, 9.17) is 9.15 Å². The summed E-state index contributed by atoms with van der Waals surface area (Å²) in [7, 11) is 0. The SMILES string of the molecule is Cc1occc1C(=O)NCCCOCC1CC1.